The van der Waals surface area contributed by atoms with Gasteiger partial charge in [0.15, 0.2) is 0 Å². The van der Waals surface area contributed by atoms with E-state index < -0.39 is 0 Å². The van der Waals surface area contributed by atoms with Crippen LogP contribution in [0.4, 0.5) is 5.69 Å². The minimum atomic E-state index is -0.218. The minimum Gasteiger partial charge on any atom is -0.393 e. The molecule has 2 N–H and O–H groups in total. The van der Waals surface area contributed by atoms with Crippen LogP contribution < -0.4 is 10.9 Å². The third-order valence-electron chi connectivity index (χ3n) is 4.58. The van der Waals surface area contributed by atoms with Crippen LogP contribution in [0.1, 0.15) is 25.7 Å². The van der Waals surface area contributed by atoms with Crippen molar-refractivity contribution in [3.63, 3.8) is 0 Å². The molecule has 2 atom stereocenters. The van der Waals surface area contributed by atoms with Gasteiger partial charge in [-0.25, -0.2) is 0 Å². The number of pyridine rings is 1. The van der Waals surface area contributed by atoms with Crippen molar-refractivity contribution >= 4 is 16.6 Å². The molecule has 3 rings (SSSR count). The van der Waals surface area contributed by atoms with Gasteiger partial charge in [0.2, 0.25) is 0 Å². The van der Waals surface area contributed by atoms with E-state index in [1.165, 1.54) is 6.42 Å². The van der Waals surface area contributed by atoms with E-state index in [0.29, 0.717) is 0 Å². The average molecular weight is 286 g/mol. The van der Waals surface area contributed by atoms with Gasteiger partial charge in [-0.15, -0.1) is 0 Å². The fourth-order valence-corrected chi connectivity index (χ4v) is 3.22. The number of rotatable bonds is 3. The lowest BCUT2D eigenvalue weighted by Crippen LogP contribution is -2.30. The number of hydrogen-bond donors (Lipinski definition) is 2. The third-order valence-corrected chi connectivity index (χ3v) is 4.58. The number of aliphatic hydroxyl groups is 1. The highest BCUT2D eigenvalue weighted by molar-refractivity contribution is 5.91. The van der Waals surface area contributed by atoms with Gasteiger partial charge in [-0.05, 0) is 18.9 Å². The Hall–Kier alpha value is -1.81. The van der Waals surface area contributed by atoms with Crippen LogP contribution >= 0.6 is 0 Å². The van der Waals surface area contributed by atoms with Crippen LogP contribution in [0.25, 0.3) is 10.9 Å². The highest BCUT2D eigenvalue weighted by Gasteiger charge is 2.22. The zero-order valence-electron chi connectivity index (χ0n) is 12.4. The second-order valence-electron chi connectivity index (χ2n) is 5.97. The van der Waals surface area contributed by atoms with Crippen molar-refractivity contribution in [2.75, 3.05) is 11.9 Å². The number of nitrogens with zero attached hydrogens (tertiary/aromatic N) is 1. The van der Waals surface area contributed by atoms with Crippen LogP contribution in [0.5, 0.6) is 0 Å². The molecule has 2 aromatic rings. The number of nitrogens with one attached hydrogen (secondary N) is 1. The van der Waals surface area contributed by atoms with E-state index >= 15 is 0 Å². The molecular formula is C17H22N2O2. The Labute approximate surface area is 124 Å². The van der Waals surface area contributed by atoms with Crippen LogP contribution in [0.15, 0.2) is 35.1 Å². The minimum absolute atomic E-state index is 0.0135. The number of hydrogen-bond acceptors (Lipinski definition) is 3. The molecular weight excluding hydrogens is 264 g/mol. The molecule has 112 valence electrons. The quantitative estimate of drug-likeness (QED) is 0.911. The third kappa shape index (κ3) is 2.81. The Kier molecular flexibility index (Phi) is 3.97. The molecule has 1 saturated carbocycles. The number of aryl methyl sites for hydroxylation is 1. The molecule has 0 aliphatic heterocycles. The molecule has 0 saturated heterocycles. The number of para-hydroxylation sites is 1. The maximum Gasteiger partial charge on any atom is 0.252 e. The van der Waals surface area contributed by atoms with E-state index in [9.17, 15) is 9.90 Å². The Bertz CT molecular complexity index is 693. The van der Waals surface area contributed by atoms with Gasteiger partial charge in [0.25, 0.3) is 5.56 Å². The molecule has 0 spiro atoms. The molecule has 0 amide bonds. The number of aromatic nitrogens is 1. The van der Waals surface area contributed by atoms with Crippen molar-refractivity contribution in [2.24, 2.45) is 13.0 Å². The smallest absolute Gasteiger partial charge is 0.252 e. The number of benzene rings is 1. The monoisotopic (exact) mass is 286 g/mol. The van der Waals surface area contributed by atoms with Gasteiger partial charge >= 0.3 is 0 Å². The maximum atomic E-state index is 12.0. The zero-order chi connectivity index (χ0) is 14.8. The topological polar surface area (TPSA) is 54.3 Å². The van der Waals surface area contributed by atoms with E-state index in [1.807, 2.05) is 24.3 Å². The first kappa shape index (κ1) is 14.1. The van der Waals surface area contributed by atoms with Gasteiger partial charge in [0.1, 0.15) is 0 Å². The lowest BCUT2D eigenvalue weighted by molar-refractivity contribution is 0.0763. The molecule has 0 radical (unpaired) electrons. The molecule has 21 heavy (non-hydrogen) atoms. The first-order valence-electron chi connectivity index (χ1n) is 7.67. The summed E-state index contributed by atoms with van der Waals surface area (Å²) < 4.78 is 1.66. The molecule has 1 aliphatic rings. The van der Waals surface area contributed by atoms with Gasteiger partial charge in [-0.1, -0.05) is 31.0 Å². The van der Waals surface area contributed by atoms with Crippen LogP contribution in [0.2, 0.25) is 0 Å². The molecule has 1 heterocycles. The van der Waals surface area contributed by atoms with E-state index in [-0.39, 0.29) is 17.6 Å². The molecule has 1 fully saturated rings. The number of anilines is 1. The van der Waals surface area contributed by atoms with E-state index in [1.54, 1.807) is 17.7 Å². The van der Waals surface area contributed by atoms with Crippen LogP contribution in [0.3, 0.4) is 0 Å². The van der Waals surface area contributed by atoms with Crippen LogP contribution in [-0.4, -0.2) is 22.3 Å². The Morgan fingerprint density at radius 2 is 2.05 bits per heavy atom. The molecule has 2 unspecified atom stereocenters. The van der Waals surface area contributed by atoms with Crippen LogP contribution in [-0.2, 0) is 7.05 Å². The summed E-state index contributed by atoms with van der Waals surface area (Å²) in [6, 6.07) is 9.55. The SMILES string of the molecule is Cn1c(=O)cc(NCC2CCCCC2O)c2ccccc21. The van der Waals surface area contributed by atoms with Gasteiger partial charge in [0, 0.05) is 36.7 Å². The van der Waals surface area contributed by atoms with E-state index in [0.717, 1.165) is 42.4 Å². The van der Waals surface area contributed by atoms with Crippen molar-refractivity contribution in [3.8, 4) is 0 Å². The summed E-state index contributed by atoms with van der Waals surface area (Å²) in [4.78, 5) is 12.0. The van der Waals surface area contributed by atoms with Crippen molar-refractivity contribution < 1.29 is 5.11 Å². The summed E-state index contributed by atoms with van der Waals surface area (Å²) in [6.07, 6.45) is 4.03. The van der Waals surface area contributed by atoms with Crippen molar-refractivity contribution in [1.82, 2.24) is 4.57 Å². The highest BCUT2D eigenvalue weighted by Crippen LogP contribution is 2.26. The summed E-state index contributed by atoms with van der Waals surface area (Å²) >= 11 is 0. The van der Waals surface area contributed by atoms with Crippen molar-refractivity contribution in [2.45, 2.75) is 31.8 Å². The number of fused-ring (bicyclic) bond motifs is 1. The van der Waals surface area contributed by atoms with Gasteiger partial charge in [0.05, 0.1) is 11.6 Å². The first-order chi connectivity index (χ1) is 10.2. The highest BCUT2D eigenvalue weighted by atomic mass is 16.3. The number of aliphatic hydroxyl groups excluding tert-OH is 1. The summed E-state index contributed by atoms with van der Waals surface area (Å²) in [5.41, 5.74) is 1.78. The maximum absolute atomic E-state index is 12.0. The fraction of sp³-hybridized carbons (Fsp3) is 0.471. The summed E-state index contributed by atoms with van der Waals surface area (Å²) in [5.74, 6) is 0.279. The average Bonchev–Trinajstić information content (AvgIpc) is 2.51. The zero-order valence-corrected chi connectivity index (χ0v) is 12.4. The molecule has 4 heteroatoms. The van der Waals surface area contributed by atoms with E-state index in [2.05, 4.69) is 5.32 Å². The molecule has 4 nitrogen and oxygen atoms in total. The lowest BCUT2D eigenvalue weighted by atomic mass is 9.86. The first-order valence-corrected chi connectivity index (χ1v) is 7.67. The Morgan fingerprint density at radius 3 is 2.86 bits per heavy atom. The normalized spacial score (nSPS) is 22.4. The molecule has 0 bridgehead atoms. The van der Waals surface area contributed by atoms with Gasteiger partial charge in [-0.3, -0.25) is 4.79 Å². The van der Waals surface area contributed by atoms with E-state index in [4.69, 9.17) is 0 Å². The largest absolute Gasteiger partial charge is 0.393 e. The van der Waals surface area contributed by atoms with Crippen molar-refractivity contribution in [3.05, 3.63) is 40.7 Å². The van der Waals surface area contributed by atoms with Crippen LogP contribution in [0, 0.1) is 5.92 Å². The predicted octanol–water partition coefficient (Wildman–Crippen LogP) is 2.50. The summed E-state index contributed by atoms with van der Waals surface area (Å²) in [5, 5.41) is 14.5. The predicted molar refractivity (Wildman–Crippen MR) is 85.6 cm³/mol. The lowest BCUT2D eigenvalue weighted by Gasteiger charge is -2.28. The Balaban J connectivity index is 1.87. The summed E-state index contributed by atoms with van der Waals surface area (Å²) in [6.45, 7) is 0.721. The van der Waals surface area contributed by atoms with Crippen molar-refractivity contribution in [1.29, 1.82) is 0 Å². The molecule has 1 aromatic heterocycles. The van der Waals surface area contributed by atoms with Gasteiger partial charge in [-0.2, -0.15) is 0 Å². The summed E-state index contributed by atoms with van der Waals surface area (Å²) in [7, 11) is 1.79. The Morgan fingerprint density at radius 1 is 1.29 bits per heavy atom. The molecule has 1 aromatic carbocycles. The second-order valence-corrected chi connectivity index (χ2v) is 5.97. The second kappa shape index (κ2) is 5.90. The molecule has 1 aliphatic carbocycles. The standard InChI is InChI=1S/C17H22N2O2/c1-19-15-8-4-3-7-13(15)14(10-17(19)21)18-11-12-6-2-5-9-16(12)20/h3-4,7-8,10,12,16,18,20H,2,5-6,9,11H2,1H3. The fourth-order valence-electron chi connectivity index (χ4n) is 3.22. The van der Waals surface area contributed by atoms with Gasteiger partial charge < -0.3 is 15.0 Å².